The molecule has 15 heteroatoms. The van der Waals surface area contributed by atoms with Crippen LogP contribution in [0.2, 0.25) is 5.02 Å². The first kappa shape index (κ1) is 32.7. The van der Waals surface area contributed by atoms with E-state index in [1.54, 1.807) is 42.5 Å². The third kappa shape index (κ3) is 8.84. The predicted octanol–water partition coefficient (Wildman–Crippen LogP) is 5.15. The van der Waals surface area contributed by atoms with Gasteiger partial charge in [-0.15, -0.1) is 0 Å². The lowest BCUT2D eigenvalue weighted by Crippen LogP contribution is -2.51. The fourth-order valence-electron chi connectivity index (χ4n) is 4.21. The summed E-state index contributed by atoms with van der Waals surface area (Å²) < 4.78 is 76.5. The van der Waals surface area contributed by atoms with Crippen molar-refractivity contribution in [3.63, 3.8) is 0 Å². The molecule has 0 saturated carbocycles. The van der Waals surface area contributed by atoms with Crippen LogP contribution in [-0.2, 0) is 14.4 Å². The molecule has 3 N–H and O–H groups in total. The number of alkyl halides is 6. The van der Waals surface area contributed by atoms with Crippen molar-refractivity contribution in [1.29, 1.82) is 0 Å². The number of carbonyl (C=O) groups is 3. The highest BCUT2D eigenvalue weighted by Crippen LogP contribution is 2.39. The second kappa shape index (κ2) is 13.4. The number of ether oxygens (including phenoxy) is 1. The average molecular weight is 621 g/mol. The Balaban J connectivity index is 0.000000730. The highest BCUT2D eigenvalue weighted by Gasteiger charge is 2.38. The quantitative estimate of drug-likeness (QED) is 0.417. The van der Waals surface area contributed by atoms with Crippen molar-refractivity contribution in [3.8, 4) is 5.75 Å². The first-order chi connectivity index (χ1) is 19.6. The number of nitrogens with one attached hydrogen (secondary N) is 1. The number of nitrogens with two attached hydrogens (primary N) is 1. The summed E-state index contributed by atoms with van der Waals surface area (Å²) in [6.45, 7) is 1.46. The number of hydrogen-bond acceptors (Lipinski definition) is 5. The summed E-state index contributed by atoms with van der Waals surface area (Å²) in [5, 5.41) is 2.86. The number of benzene rings is 2. The first-order valence-electron chi connectivity index (χ1n) is 12.7. The zero-order valence-corrected chi connectivity index (χ0v) is 22.9. The molecule has 228 valence electrons. The normalized spacial score (nSPS) is 17.0. The summed E-state index contributed by atoms with van der Waals surface area (Å²) >= 11 is 6.18. The molecule has 2 atom stereocenters. The van der Waals surface area contributed by atoms with Gasteiger partial charge in [-0.1, -0.05) is 42.8 Å². The molecule has 2 aromatic carbocycles. The molecule has 8 nitrogen and oxygen atoms in total. The maximum atomic E-state index is 13.5. The van der Waals surface area contributed by atoms with Gasteiger partial charge in [0, 0.05) is 41.3 Å². The fourth-order valence-corrected chi connectivity index (χ4v) is 4.40. The zero-order valence-electron chi connectivity index (χ0n) is 22.2. The van der Waals surface area contributed by atoms with Crippen LogP contribution in [0.25, 0.3) is 0 Å². The molecule has 0 radical (unpaired) electrons. The molecule has 0 aliphatic carbocycles. The first-order valence-corrected chi connectivity index (χ1v) is 13.1. The average Bonchev–Trinajstić information content (AvgIpc) is 3.02. The van der Waals surface area contributed by atoms with Gasteiger partial charge in [0.05, 0.1) is 17.9 Å². The second-order valence-electron chi connectivity index (χ2n) is 9.38. The third-order valence-corrected chi connectivity index (χ3v) is 6.46. The van der Waals surface area contributed by atoms with Gasteiger partial charge >= 0.3 is 12.4 Å². The molecular weight excluding hydrogens is 594 g/mol. The maximum Gasteiger partial charge on any atom is 0.389 e. The van der Waals surface area contributed by atoms with Crippen LogP contribution >= 0.6 is 11.6 Å². The van der Waals surface area contributed by atoms with E-state index in [0.717, 1.165) is 6.92 Å². The van der Waals surface area contributed by atoms with Crippen LogP contribution in [0.15, 0.2) is 47.5 Å². The molecule has 3 amide bonds. The second-order valence-corrected chi connectivity index (χ2v) is 9.82. The summed E-state index contributed by atoms with van der Waals surface area (Å²) in [7, 11) is 0. The molecule has 2 aromatic rings. The van der Waals surface area contributed by atoms with E-state index in [1.165, 1.54) is 4.90 Å². The van der Waals surface area contributed by atoms with Crippen LogP contribution in [0.3, 0.4) is 0 Å². The topological polar surface area (TPSA) is 114 Å². The van der Waals surface area contributed by atoms with Crippen molar-refractivity contribution in [2.24, 2.45) is 16.6 Å². The van der Waals surface area contributed by atoms with Gasteiger partial charge in [-0.3, -0.25) is 14.4 Å². The van der Waals surface area contributed by atoms with Crippen LogP contribution in [0.1, 0.15) is 43.7 Å². The van der Waals surface area contributed by atoms with E-state index < -0.39 is 67.8 Å². The molecule has 2 heterocycles. The Hall–Kier alpha value is -3.81. The van der Waals surface area contributed by atoms with E-state index in [4.69, 9.17) is 22.1 Å². The molecule has 4 rings (SSSR count). The van der Waals surface area contributed by atoms with Gasteiger partial charge in [-0.05, 0) is 24.6 Å². The largest absolute Gasteiger partial charge is 0.490 e. The van der Waals surface area contributed by atoms with Gasteiger partial charge < -0.3 is 20.7 Å². The van der Waals surface area contributed by atoms with Gasteiger partial charge in [-0.2, -0.15) is 26.3 Å². The number of amides is 3. The van der Waals surface area contributed by atoms with Crippen molar-refractivity contribution in [1.82, 2.24) is 5.32 Å². The highest BCUT2D eigenvalue weighted by atomic mass is 35.5. The minimum Gasteiger partial charge on any atom is -0.490 e. The van der Waals surface area contributed by atoms with Crippen LogP contribution in [0, 0.1) is 5.92 Å². The van der Waals surface area contributed by atoms with Crippen molar-refractivity contribution in [2.45, 2.75) is 51.1 Å². The lowest BCUT2D eigenvalue weighted by Gasteiger charge is -2.31. The number of rotatable bonds is 7. The Labute approximate surface area is 241 Å². The minimum absolute atomic E-state index is 0.173. The van der Waals surface area contributed by atoms with Gasteiger partial charge in [0.25, 0.3) is 5.91 Å². The number of hydrogen-bond donors (Lipinski definition) is 2. The number of nitrogens with zero attached hydrogens (tertiary/aromatic N) is 2. The number of primary amides is 1. The van der Waals surface area contributed by atoms with Crippen molar-refractivity contribution in [3.05, 3.63) is 58.6 Å². The summed E-state index contributed by atoms with van der Waals surface area (Å²) in [6.07, 6.45) is -13.2. The standard InChI is InChI=1S/C24H22ClF3N4O4.C3H5F3/c25-15-4-1-3-13(11-15)19-16-5-2-6-17-20(16)32(9-10-36-17)23(35)21(30-19)31-22(34)14(12-18(29)33)7-8-24(26,27)28;1-2-3(4,5)6/h1-6,11,14,21H,7-10,12H2,(H2,29,33)(H,31,34);2H2,1H3. The third-order valence-electron chi connectivity index (χ3n) is 6.23. The fraction of sp³-hybridized carbons (Fsp3) is 0.407. The number of para-hydroxylation sites is 1. The number of anilines is 1. The van der Waals surface area contributed by atoms with Gasteiger partial charge in [0.15, 0.2) is 0 Å². The molecule has 0 saturated heterocycles. The number of carbonyl (C=O) groups excluding carboxylic acids is 3. The van der Waals surface area contributed by atoms with Gasteiger partial charge in [0.1, 0.15) is 12.4 Å². The van der Waals surface area contributed by atoms with E-state index in [-0.39, 0.29) is 13.2 Å². The van der Waals surface area contributed by atoms with E-state index in [2.05, 4.69) is 10.3 Å². The lowest BCUT2D eigenvalue weighted by atomic mass is 9.97. The minimum atomic E-state index is -4.53. The highest BCUT2D eigenvalue weighted by molar-refractivity contribution is 6.31. The molecule has 0 fully saturated rings. The summed E-state index contributed by atoms with van der Waals surface area (Å²) in [4.78, 5) is 43.9. The Morgan fingerprint density at radius 1 is 1.14 bits per heavy atom. The maximum absolute atomic E-state index is 13.5. The molecule has 2 unspecified atom stereocenters. The number of aliphatic imine (C=N–C) groups is 1. The predicted molar refractivity (Wildman–Crippen MR) is 142 cm³/mol. The van der Waals surface area contributed by atoms with Crippen LogP contribution in [0.4, 0.5) is 32.0 Å². The van der Waals surface area contributed by atoms with Crippen molar-refractivity contribution in [2.75, 3.05) is 18.1 Å². The Morgan fingerprint density at radius 3 is 2.40 bits per heavy atom. The monoisotopic (exact) mass is 620 g/mol. The van der Waals surface area contributed by atoms with Crippen LogP contribution < -0.4 is 20.7 Å². The SMILES string of the molecule is CCC(F)(F)F.NC(=O)CC(CCC(F)(F)F)C(=O)NC1N=C(c2cccc(Cl)c2)c2cccc3c2N(CCO3)C1=O. The van der Waals surface area contributed by atoms with Crippen molar-refractivity contribution < 1.29 is 45.5 Å². The number of halogens is 7. The van der Waals surface area contributed by atoms with E-state index in [1.807, 2.05) is 0 Å². The molecule has 0 spiro atoms. The Morgan fingerprint density at radius 2 is 1.81 bits per heavy atom. The summed E-state index contributed by atoms with van der Waals surface area (Å²) in [6, 6.07) is 11.9. The van der Waals surface area contributed by atoms with E-state index in [9.17, 15) is 40.7 Å². The lowest BCUT2D eigenvalue weighted by molar-refractivity contribution is -0.143. The molecule has 0 aromatic heterocycles. The van der Waals surface area contributed by atoms with Crippen LogP contribution in [-0.4, -0.2) is 55.1 Å². The molecule has 0 bridgehead atoms. The van der Waals surface area contributed by atoms with Gasteiger partial charge in [0.2, 0.25) is 18.0 Å². The van der Waals surface area contributed by atoms with Crippen LogP contribution in [0.5, 0.6) is 5.75 Å². The molecule has 42 heavy (non-hydrogen) atoms. The van der Waals surface area contributed by atoms with Gasteiger partial charge in [-0.25, -0.2) is 4.99 Å². The smallest absolute Gasteiger partial charge is 0.389 e. The van der Waals surface area contributed by atoms with E-state index >= 15 is 0 Å². The summed E-state index contributed by atoms with van der Waals surface area (Å²) in [5.41, 5.74) is 7.08. The summed E-state index contributed by atoms with van der Waals surface area (Å²) in [5.74, 6) is -3.38. The van der Waals surface area contributed by atoms with E-state index in [0.29, 0.717) is 33.3 Å². The molecular formula is C27H27ClF6N4O4. The Bertz CT molecular complexity index is 1350. The van der Waals surface area contributed by atoms with Crippen molar-refractivity contribution >= 4 is 40.7 Å². The zero-order chi connectivity index (χ0) is 31.2. The molecule has 2 aliphatic heterocycles. The molecule has 2 aliphatic rings. The Kier molecular flexibility index (Phi) is 10.5.